The van der Waals surface area contributed by atoms with Gasteiger partial charge in [-0.2, -0.15) is 5.26 Å². The Labute approximate surface area is 152 Å². The molecule has 0 radical (unpaired) electrons. The molecule has 2 fully saturated rings. The highest BCUT2D eigenvalue weighted by Gasteiger charge is 2.34. The zero-order chi connectivity index (χ0) is 17.8. The third kappa shape index (κ3) is 4.71. The second-order valence-electron chi connectivity index (χ2n) is 6.55. The average molecular weight is 361 g/mol. The molecule has 6 nitrogen and oxygen atoms in total. The average Bonchev–Trinajstić information content (AvgIpc) is 3.45. The normalized spacial score (nSPS) is 17.8. The Balaban J connectivity index is 1.40. The number of nitrogens with one attached hydrogen (secondary N) is 1. The topological polar surface area (TPSA) is 76.4 Å². The molecule has 1 aromatic rings. The molecule has 1 aliphatic carbocycles. The van der Waals surface area contributed by atoms with Crippen LogP contribution in [-0.4, -0.2) is 54.3 Å². The van der Waals surface area contributed by atoms with Crippen molar-refractivity contribution in [2.75, 3.05) is 38.0 Å². The summed E-state index contributed by atoms with van der Waals surface area (Å²) in [6, 6.07) is 6.83. The number of anilines is 1. The van der Waals surface area contributed by atoms with Crippen molar-refractivity contribution in [1.82, 2.24) is 9.80 Å². The summed E-state index contributed by atoms with van der Waals surface area (Å²) >= 11 is 5.96. The molecule has 132 valence electrons. The van der Waals surface area contributed by atoms with Crippen molar-refractivity contribution in [2.45, 2.75) is 19.3 Å². The number of halogens is 1. The first-order valence-corrected chi connectivity index (χ1v) is 8.95. The Morgan fingerprint density at radius 1 is 1.24 bits per heavy atom. The second kappa shape index (κ2) is 7.85. The Hall–Kier alpha value is -2.10. The predicted molar refractivity (Wildman–Crippen MR) is 95.2 cm³/mol. The monoisotopic (exact) mass is 360 g/mol. The molecule has 0 bridgehead atoms. The van der Waals surface area contributed by atoms with Gasteiger partial charge in [0, 0.05) is 50.7 Å². The Kier molecular flexibility index (Phi) is 5.57. The molecule has 2 amide bonds. The van der Waals surface area contributed by atoms with E-state index in [0.29, 0.717) is 35.1 Å². The maximum absolute atomic E-state index is 12.1. The number of amides is 2. The minimum absolute atomic E-state index is 0.0859. The summed E-state index contributed by atoms with van der Waals surface area (Å²) in [7, 11) is 0. The highest BCUT2D eigenvalue weighted by Crippen LogP contribution is 2.31. The van der Waals surface area contributed by atoms with Crippen LogP contribution in [0.15, 0.2) is 18.2 Å². The lowest BCUT2D eigenvalue weighted by atomic mass is 10.2. The summed E-state index contributed by atoms with van der Waals surface area (Å²) in [4.78, 5) is 28.3. The molecule has 2 aliphatic rings. The smallest absolute Gasteiger partial charge is 0.225 e. The van der Waals surface area contributed by atoms with Gasteiger partial charge in [0.2, 0.25) is 11.8 Å². The van der Waals surface area contributed by atoms with E-state index in [1.807, 2.05) is 11.0 Å². The Morgan fingerprint density at radius 2 is 1.96 bits per heavy atom. The summed E-state index contributed by atoms with van der Waals surface area (Å²) in [6.07, 6.45) is 2.46. The second-order valence-corrected chi connectivity index (χ2v) is 6.95. The molecule has 1 N–H and O–H groups in total. The minimum Gasteiger partial charge on any atom is -0.340 e. The first kappa shape index (κ1) is 17.7. The largest absolute Gasteiger partial charge is 0.340 e. The fraction of sp³-hybridized carbons (Fsp3) is 0.500. The van der Waals surface area contributed by atoms with E-state index in [4.69, 9.17) is 16.9 Å². The van der Waals surface area contributed by atoms with Crippen LogP contribution < -0.4 is 5.32 Å². The van der Waals surface area contributed by atoms with E-state index < -0.39 is 0 Å². The molecule has 0 spiro atoms. The Bertz CT molecular complexity index is 704. The van der Waals surface area contributed by atoms with Gasteiger partial charge in [-0.1, -0.05) is 11.6 Å². The standard InChI is InChI=1S/C18H21ClN4O2/c19-16-11-15(4-3-14(16)12-20)21-17(24)5-6-22-7-9-23(10-8-22)18(25)13-1-2-13/h3-4,11,13H,1-2,5-10H2,(H,21,24). The van der Waals surface area contributed by atoms with E-state index >= 15 is 0 Å². The third-order valence-corrected chi connectivity index (χ3v) is 4.95. The molecule has 0 atom stereocenters. The first-order valence-electron chi connectivity index (χ1n) is 8.57. The molecule has 0 aromatic heterocycles. The number of hydrogen-bond acceptors (Lipinski definition) is 4. The summed E-state index contributed by atoms with van der Waals surface area (Å²) in [5.41, 5.74) is 0.979. The van der Waals surface area contributed by atoms with Crippen LogP contribution in [0.5, 0.6) is 0 Å². The zero-order valence-electron chi connectivity index (χ0n) is 14.0. The van der Waals surface area contributed by atoms with Gasteiger partial charge in [-0.3, -0.25) is 14.5 Å². The molecular weight excluding hydrogens is 340 g/mol. The van der Waals surface area contributed by atoms with Crippen molar-refractivity contribution in [2.24, 2.45) is 5.92 Å². The number of nitriles is 1. The zero-order valence-corrected chi connectivity index (χ0v) is 14.8. The van der Waals surface area contributed by atoms with Crippen LogP contribution in [0.1, 0.15) is 24.8 Å². The van der Waals surface area contributed by atoms with Crippen LogP contribution in [0.4, 0.5) is 5.69 Å². The van der Waals surface area contributed by atoms with Crippen molar-refractivity contribution in [3.05, 3.63) is 28.8 Å². The van der Waals surface area contributed by atoms with Gasteiger partial charge in [0.15, 0.2) is 0 Å². The van der Waals surface area contributed by atoms with Crippen LogP contribution in [0.2, 0.25) is 5.02 Å². The maximum Gasteiger partial charge on any atom is 0.225 e. The molecule has 1 aromatic carbocycles. The van der Waals surface area contributed by atoms with Crippen LogP contribution in [0, 0.1) is 17.2 Å². The number of hydrogen-bond donors (Lipinski definition) is 1. The lowest BCUT2D eigenvalue weighted by molar-refractivity contribution is -0.134. The summed E-state index contributed by atoms with van der Waals surface area (Å²) in [6.45, 7) is 3.80. The van der Waals surface area contributed by atoms with Gasteiger partial charge in [0.1, 0.15) is 6.07 Å². The molecule has 7 heteroatoms. The van der Waals surface area contributed by atoms with Gasteiger partial charge in [0.05, 0.1) is 10.6 Å². The van der Waals surface area contributed by atoms with Gasteiger partial charge in [-0.05, 0) is 31.0 Å². The molecule has 3 rings (SSSR count). The van der Waals surface area contributed by atoms with Crippen molar-refractivity contribution < 1.29 is 9.59 Å². The van der Waals surface area contributed by atoms with Crippen LogP contribution in [0.3, 0.4) is 0 Å². The fourth-order valence-electron chi connectivity index (χ4n) is 2.95. The number of piperazine rings is 1. The van der Waals surface area contributed by atoms with Crippen molar-refractivity contribution in [3.63, 3.8) is 0 Å². The van der Waals surface area contributed by atoms with Crippen molar-refractivity contribution in [3.8, 4) is 6.07 Å². The fourth-order valence-corrected chi connectivity index (χ4v) is 3.17. The van der Waals surface area contributed by atoms with Gasteiger partial charge >= 0.3 is 0 Å². The summed E-state index contributed by atoms with van der Waals surface area (Å²) in [5.74, 6) is 0.490. The minimum atomic E-state index is -0.0859. The van der Waals surface area contributed by atoms with Gasteiger partial charge in [0.25, 0.3) is 0 Å². The SMILES string of the molecule is N#Cc1ccc(NC(=O)CCN2CCN(C(=O)C3CC3)CC2)cc1Cl. The van der Waals surface area contributed by atoms with E-state index in [9.17, 15) is 9.59 Å². The van der Waals surface area contributed by atoms with Gasteiger partial charge in [-0.15, -0.1) is 0 Å². The van der Waals surface area contributed by atoms with Crippen molar-refractivity contribution >= 4 is 29.1 Å². The van der Waals surface area contributed by atoms with Crippen molar-refractivity contribution in [1.29, 1.82) is 5.26 Å². The van der Waals surface area contributed by atoms with E-state index in [0.717, 1.165) is 39.0 Å². The van der Waals surface area contributed by atoms with E-state index in [1.54, 1.807) is 18.2 Å². The highest BCUT2D eigenvalue weighted by molar-refractivity contribution is 6.32. The van der Waals surface area contributed by atoms with Gasteiger partial charge < -0.3 is 10.2 Å². The molecule has 1 aliphatic heterocycles. The van der Waals surface area contributed by atoms with Crippen LogP contribution in [0.25, 0.3) is 0 Å². The maximum atomic E-state index is 12.1. The Morgan fingerprint density at radius 3 is 2.56 bits per heavy atom. The lowest BCUT2D eigenvalue weighted by Gasteiger charge is -2.34. The number of nitrogens with zero attached hydrogens (tertiary/aromatic N) is 3. The van der Waals surface area contributed by atoms with E-state index in [2.05, 4.69) is 10.2 Å². The first-order chi connectivity index (χ1) is 12.1. The molecule has 0 unspecified atom stereocenters. The molecule has 1 saturated heterocycles. The molecule has 1 saturated carbocycles. The number of rotatable bonds is 5. The predicted octanol–water partition coefficient (Wildman–Crippen LogP) is 2.09. The summed E-state index contributed by atoms with van der Waals surface area (Å²) in [5, 5.41) is 12.0. The van der Waals surface area contributed by atoms with Crippen LogP contribution >= 0.6 is 11.6 Å². The molecular formula is C18H21ClN4O2. The molecule has 1 heterocycles. The van der Waals surface area contributed by atoms with E-state index in [-0.39, 0.29) is 11.8 Å². The number of carbonyl (C=O) groups is 2. The number of benzene rings is 1. The summed E-state index contributed by atoms with van der Waals surface area (Å²) < 4.78 is 0. The quantitative estimate of drug-likeness (QED) is 0.872. The van der Waals surface area contributed by atoms with Crippen LogP contribution in [-0.2, 0) is 9.59 Å². The lowest BCUT2D eigenvalue weighted by Crippen LogP contribution is -2.49. The molecule has 25 heavy (non-hydrogen) atoms. The third-order valence-electron chi connectivity index (χ3n) is 4.64. The van der Waals surface area contributed by atoms with E-state index in [1.165, 1.54) is 0 Å². The van der Waals surface area contributed by atoms with Gasteiger partial charge in [-0.25, -0.2) is 0 Å². The highest BCUT2D eigenvalue weighted by atomic mass is 35.5. The number of carbonyl (C=O) groups excluding carboxylic acids is 2.